The largest absolute Gasteiger partial charge is 0.481 e. The fraction of sp³-hybridized carbons (Fsp3) is 0.722. The van der Waals surface area contributed by atoms with Crippen LogP contribution < -0.4 is 0 Å². The van der Waals surface area contributed by atoms with Crippen LogP contribution in [-0.4, -0.2) is 57.8 Å². The molecular weight excluding hydrogens is 306 g/mol. The highest BCUT2D eigenvalue weighted by Crippen LogP contribution is 2.25. The number of aryl methyl sites for hydroxylation is 1. The van der Waals surface area contributed by atoms with E-state index in [4.69, 9.17) is 9.84 Å². The molecule has 0 saturated carbocycles. The van der Waals surface area contributed by atoms with Gasteiger partial charge >= 0.3 is 5.97 Å². The maximum Gasteiger partial charge on any atom is 0.306 e. The molecule has 3 rings (SSSR count). The molecule has 0 spiro atoms. The van der Waals surface area contributed by atoms with Crippen molar-refractivity contribution in [2.75, 3.05) is 19.6 Å². The summed E-state index contributed by atoms with van der Waals surface area (Å²) >= 11 is 0. The second-order valence-electron chi connectivity index (χ2n) is 6.94. The molecule has 2 atom stereocenters. The molecule has 24 heavy (non-hydrogen) atoms. The molecule has 0 bridgehead atoms. The standard InChI is InChI=1S/C18H27N3O3/c1-2-13-10-19-17(20-11-13)9-15-3-4-16(24-15)12-21-7-5-14(6-8-21)18(22)23/h10-11,14-16H,2-9,12H2,1H3,(H,22,23)/t15-,16+/m0/s1. The molecule has 0 amide bonds. The summed E-state index contributed by atoms with van der Waals surface area (Å²) in [4.78, 5) is 22.2. The Morgan fingerprint density at radius 1 is 1.21 bits per heavy atom. The molecule has 6 nitrogen and oxygen atoms in total. The lowest BCUT2D eigenvalue weighted by Gasteiger charge is -2.31. The van der Waals surface area contributed by atoms with Gasteiger partial charge in [0.15, 0.2) is 0 Å². The Bertz CT molecular complexity index is 541. The monoisotopic (exact) mass is 333 g/mol. The number of carbonyl (C=O) groups is 1. The number of ether oxygens (including phenoxy) is 1. The van der Waals surface area contributed by atoms with Crippen LogP contribution in [0.15, 0.2) is 12.4 Å². The first-order valence-electron chi connectivity index (χ1n) is 9.04. The molecule has 1 N–H and O–H groups in total. The van der Waals surface area contributed by atoms with E-state index in [0.717, 1.165) is 69.5 Å². The van der Waals surface area contributed by atoms with E-state index in [1.165, 1.54) is 0 Å². The number of carboxylic acid groups (broad SMARTS) is 1. The van der Waals surface area contributed by atoms with Crippen molar-refractivity contribution in [3.63, 3.8) is 0 Å². The van der Waals surface area contributed by atoms with Crippen LogP contribution >= 0.6 is 0 Å². The van der Waals surface area contributed by atoms with E-state index in [2.05, 4.69) is 21.8 Å². The first-order chi connectivity index (χ1) is 11.6. The molecule has 1 aromatic rings. The summed E-state index contributed by atoms with van der Waals surface area (Å²) in [6, 6.07) is 0. The average Bonchev–Trinajstić information content (AvgIpc) is 3.03. The Morgan fingerprint density at radius 3 is 2.50 bits per heavy atom. The molecule has 132 valence electrons. The Morgan fingerprint density at radius 2 is 1.88 bits per heavy atom. The normalized spacial score (nSPS) is 25.9. The average molecular weight is 333 g/mol. The first kappa shape index (κ1) is 17.3. The van der Waals surface area contributed by atoms with Crippen molar-refractivity contribution in [2.45, 2.75) is 57.7 Å². The zero-order valence-corrected chi connectivity index (χ0v) is 14.4. The molecule has 6 heteroatoms. The number of rotatable bonds is 6. The number of likely N-dealkylation sites (tertiary alicyclic amines) is 1. The predicted molar refractivity (Wildman–Crippen MR) is 89.8 cm³/mol. The Hall–Kier alpha value is -1.53. The van der Waals surface area contributed by atoms with Crippen molar-refractivity contribution in [3.8, 4) is 0 Å². The van der Waals surface area contributed by atoms with Crippen LogP contribution in [0.4, 0.5) is 0 Å². The number of hydrogen-bond donors (Lipinski definition) is 1. The van der Waals surface area contributed by atoms with Gasteiger partial charge in [-0.25, -0.2) is 9.97 Å². The summed E-state index contributed by atoms with van der Waals surface area (Å²) in [6.45, 7) is 4.74. The molecule has 0 aliphatic carbocycles. The molecule has 0 radical (unpaired) electrons. The van der Waals surface area contributed by atoms with Gasteiger partial charge in [0, 0.05) is 25.4 Å². The summed E-state index contributed by atoms with van der Waals surface area (Å²) in [5.41, 5.74) is 1.16. The summed E-state index contributed by atoms with van der Waals surface area (Å²) in [5, 5.41) is 9.06. The molecule has 2 aliphatic rings. The fourth-order valence-corrected chi connectivity index (χ4v) is 3.59. The lowest BCUT2D eigenvalue weighted by molar-refractivity contribution is -0.143. The SMILES string of the molecule is CCc1cnc(C[C@@H]2CC[C@H](CN3CCC(C(=O)O)CC3)O2)nc1. The molecule has 2 aliphatic heterocycles. The van der Waals surface area contributed by atoms with Gasteiger partial charge in [0.2, 0.25) is 0 Å². The highest BCUT2D eigenvalue weighted by atomic mass is 16.5. The predicted octanol–water partition coefficient (Wildman–Crippen LogP) is 1.93. The lowest BCUT2D eigenvalue weighted by atomic mass is 9.97. The van der Waals surface area contributed by atoms with Gasteiger partial charge in [-0.15, -0.1) is 0 Å². The quantitative estimate of drug-likeness (QED) is 0.857. The summed E-state index contributed by atoms with van der Waals surface area (Å²) in [6.07, 6.45) is 9.63. The van der Waals surface area contributed by atoms with E-state index >= 15 is 0 Å². The summed E-state index contributed by atoms with van der Waals surface area (Å²) in [7, 11) is 0. The maximum absolute atomic E-state index is 11.0. The third-order valence-electron chi connectivity index (χ3n) is 5.17. The van der Waals surface area contributed by atoms with Gasteiger partial charge in [-0.2, -0.15) is 0 Å². The third kappa shape index (κ3) is 4.51. The second-order valence-corrected chi connectivity index (χ2v) is 6.94. The summed E-state index contributed by atoms with van der Waals surface area (Å²) in [5.74, 6) is 0.0442. The van der Waals surface area contributed by atoms with Gasteiger partial charge in [-0.05, 0) is 50.8 Å². The van der Waals surface area contributed by atoms with Crippen molar-refractivity contribution in [2.24, 2.45) is 5.92 Å². The lowest BCUT2D eigenvalue weighted by Crippen LogP contribution is -2.40. The second kappa shape index (κ2) is 8.03. The molecule has 0 unspecified atom stereocenters. The van der Waals surface area contributed by atoms with Crippen molar-refractivity contribution < 1.29 is 14.6 Å². The van der Waals surface area contributed by atoms with E-state index in [0.29, 0.717) is 0 Å². The van der Waals surface area contributed by atoms with Gasteiger partial charge in [-0.3, -0.25) is 4.79 Å². The van der Waals surface area contributed by atoms with Crippen LogP contribution in [0, 0.1) is 5.92 Å². The number of piperidine rings is 1. The minimum absolute atomic E-state index is 0.165. The van der Waals surface area contributed by atoms with E-state index in [1.807, 2.05) is 12.4 Å². The topological polar surface area (TPSA) is 75.6 Å². The van der Waals surface area contributed by atoms with E-state index in [-0.39, 0.29) is 18.1 Å². The van der Waals surface area contributed by atoms with Crippen molar-refractivity contribution in [3.05, 3.63) is 23.8 Å². The zero-order chi connectivity index (χ0) is 16.9. The van der Waals surface area contributed by atoms with E-state index in [1.54, 1.807) is 0 Å². The minimum atomic E-state index is -0.652. The van der Waals surface area contributed by atoms with E-state index < -0.39 is 5.97 Å². The van der Waals surface area contributed by atoms with Crippen LogP contribution in [0.25, 0.3) is 0 Å². The van der Waals surface area contributed by atoms with Gasteiger partial charge in [0.1, 0.15) is 5.82 Å². The minimum Gasteiger partial charge on any atom is -0.481 e. The smallest absolute Gasteiger partial charge is 0.306 e. The Kier molecular flexibility index (Phi) is 5.79. The van der Waals surface area contributed by atoms with Gasteiger partial charge in [-0.1, -0.05) is 6.92 Å². The van der Waals surface area contributed by atoms with Crippen LogP contribution in [-0.2, 0) is 22.4 Å². The third-order valence-corrected chi connectivity index (χ3v) is 5.17. The molecule has 2 fully saturated rings. The van der Waals surface area contributed by atoms with Crippen LogP contribution in [0.3, 0.4) is 0 Å². The first-order valence-corrected chi connectivity index (χ1v) is 9.04. The maximum atomic E-state index is 11.0. The zero-order valence-electron chi connectivity index (χ0n) is 14.4. The van der Waals surface area contributed by atoms with Crippen LogP contribution in [0.2, 0.25) is 0 Å². The van der Waals surface area contributed by atoms with Gasteiger partial charge in [0.25, 0.3) is 0 Å². The number of aliphatic carboxylic acids is 1. The number of carboxylic acids is 1. The number of hydrogen-bond acceptors (Lipinski definition) is 5. The molecule has 3 heterocycles. The Labute approximate surface area is 143 Å². The Balaban J connectivity index is 1.41. The molecule has 2 saturated heterocycles. The van der Waals surface area contributed by atoms with Gasteiger partial charge < -0.3 is 14.7 Å². The highest BCUT2D eigenvalue weighted by Gasteiger charge is 2.30. The number of nitrogens with zero attached hydrogens (tertiary/aromatic N) is 3. The van der Waals surface area contributed by atoms with Gasteiger partial charge in [0.05, 0.1) is 18.1 Å². The molecule has 1 aromatic heterocycles. The fourth-order valence-electron chi connectivity index (χ4n) is 3.59. The van der Waals surface area contributed by atoms with Crippen LogP contribution in [0.5, 0.6) is 0 Å². The molecule has 0 aromatic carbocycles. The van der Waals surface area contributed by atoms with Crippen molar-refractivity contribution in [1.29, 1.82) is 0 Å². The number of aromatic nitrogens is 2. The van der Waals surface area contributed by atoms with Crippen molar-refractivity contribution in [1.82, 2.24) is 14.9 Å². The summed E-state index contributed by atoms with van der Waals surface area (Å²) < 4.78 is 6.16. The molecular formula is C18H27N3O3. The van der Waals surface area contributed by atoms with Crippen LogP contribution in [0.1, 0.15) is 44.0 Å². The highest BCUT2D eigenvalue weighted by molar-refractivity contribution is 5.70. The van der Waals surface area contributed by atoms with Crippen molar-refractivity contribution >= 4 is 5.97 Å². The van der Waals surface area contributed by atoms with E-state index in [9.17, 15) is 4.79 Å².